The van der Waals surface area contributed by atoms with Gasteiger partial charge in [-0.1, -0.05) is 43.6 Å². The van der Waals surface area contributed by atoms with Gasteiger partial charge in [-0.15, -0.1) is 0 Å². The van der Waals surface area contributed by atoms with E-state index in [-0.39, 0.29) is 11.2 Å². The van der Waals surface area contributed by atoms with Crippen LogP contribution in [0.1, 0.15) is 62.0 Å². The molecular formula is C18H27BrO2. The van der Waals surface area contributed by atoms with E-state index < -0.39 is 0 Å². The fraction of sp³-hybridized carbons (Fsp3) is 0.611. The van der Waals surface area contributed by atoms with Crippen molar-refractivity contribution in [3.8, 4) is 5.75 Å². The molecule has 0 fully saturated rings. The van der Waals surface area contributed by atoms with Crippen LogP contribution >= 0.6 is 15.9 Å². The third-order valence-corrected chi connectivity index (χ3v) is 4.46. The third kappa shape index (κ3) is 4.84. The minimum atomic E-state index is 0.172. The van der Waals surface area contributed by atoms with E-state index in [2.05, 4.69) is 43.6 Å². The summed E-state index contributed by atoms with van der Waals surface area (Å²) in [5.74, 6) is 1.25. The zero-order valence-electron chi connectivity index (χ0n) is 14.3. The van der Waals surface area contributed by atoms with Crippen LogP contribution in [0, 0.1) is 25.2 Å². The molecule has 0 saturated carbocycles. The second-order valence-electron chi connectivity index (χ2n) is 7.21. The largest absolute Gasteiger partial charge is 0.496 e. The monoisotopic (exact) mass is 354 g/mol. The average molecular weight is 355 g/mol. The Morgan fingerprint density at radius 2 is 1.90 bits per heavy atom. The first-order chi connectivity index (χ1) is 9.56. The molecule has 0 bridgehead atoms. The molecule has 0 amide bonds. The average Bonchev–Trinajstić information content (AvgIpc) is 2.30. The van der Waals surface area contributed by atoms with E-state index in [4.69, 9.17) is 4.74 Å². The van der Waals surface area contributed by atoms with Gasteiger partial charge in [-0.05, 0) is 48.8 Å². The first-order valence-corrected chi connectivity index (χ1v) is 8.23. The number of Topliss-reactive ketones (excluding diaryl/α,β-unsaturated/α-hetero) is 1. The number of hydrogen-bond donors (Lipinski definition) is 0. The number of hydrogen-bond acceptors (Lipinski definition) is 2. The van der Waals surface area contributed by atoms with E-state index >= 15 is 0 Å². The topological polar surface area (TPSA) is 26.3 Å². The van der Waals surface area contributed by atoms with Crippen molar-refractivity contribution in [2.75, 3.05) is 7.11 Å². The molecule has 0 aliphatic carbocycles. The quantitative estimate of drug-likeness (QED) is 0.632. The maximum absolute atomic E-state index is 12.7. The normalized spacial score (nSPS) is 13.1. The molecule has 1 aromatic rings. The summed E-state index contributed by atoms with van der Waals surface area (Å²) in [5, 5.41) is 0. The lowest BCUT2D eigenvalue weighted by molar-refractivity contribution is 0.0950. The highest BCUT2D eigenvalue weighted by Gasteiger charge is 2.23. The summed E-state index contributed by atoms with van der Waals surface area (Å²) in [7, 11) is 1.63. The Morgan fingerprint density at radius 3 is 2.38 bits per heavy atom. The van der Waals surface area contributed by atoms with Crippen molar-refractivity contribution in [2.45, 2.75) is 54.4 Å². The lowest BCUT2D eigenvalue weighted by Crippen LogP contribution is -2.16. The molecule has 1 aromatic carbocycles. The number of carbonyl (C=O) groups is 1. The first kappa shape index (κ1) is 18.2. The Labute approximate surface area is 137 Å². The Morgan fingerprint density at radius 1 is 1.33 bits per heavy atom. The molecule has 0 radical (unpaired) electrons. The van der Waals surface area contributed by atoms with Crippen LogP contribution in [0.5, 0.6) is 5.75 Å². The molecule has 21 heavy (non-hydrogen) atoms. The maximum Gasteiger partial charge on any atom is 0.167 e. The molecular weight excluding hydrogens is 328 g/mol. The maximum atomic E-state index is 12.7. The van der Waals surface area contributed by atoms with E-state index in [9.17, 15) is 4.79 Å². The van der Waals surface area contributed by atoms with Gasteiger partial charge in [0.25, 0.3) is 0 Å². The van der Waals surface area contributed by atoms with Crippen LogP contribution in [-0.2, 0) is 0 Å². The van der Waals surface area contributed by atoms with Gasteiger partial charge in [-0.25, -0.2) is 0 Å². The molecule has 0 saturated heterocycles. The van der Waals surface area contributed by atoms with Gasteiger partial charge in [-0.3, -0.25) is 4.79 Å². The van der Waals surface area contributed by atoms with Gasteiger partial charge in [0.2, 0.25) is 0 Å². The van der Waals surface area contributed by atoms with E-state index in [1.807, 2.05) is 19.9 Å². The number of ketones is 1. The summed E-state index contributed by atoms with van der Waals surface area (Å²) in [6.45, 7) is 12.7. The number of methoxy groups -OCH3 is 1. The number of aryl methyl sites for hydroxylation is 1. The SMILES string of the molecule is COc1c(C)cc(Br)c(C)c1C(=O)CC(C)CC(C)(C)C. The zero-order valence-corrected chi connectivity index (χ0v) is 15.8. The van der Waals surface area contributed by atoms with Crippen LogP contribution in [0.15, 0.2) is 10.5 Å². The highest BCUT2D eigenvalue weighted by molar-refractivity contribution is 9.10. The molecule has 1 unspecified atom stereocenters. The molecule has 0 N–H and O–H groups in total. The van der Waals surface area contributed by atoms with Crippen molar-refractivity contribution in [1.29, 1.82) is 0 Å². The summed E-state index contributed by atoms with van der Waals surface area (Å²) in [6.07, 6.45) is 1.59. The Bertz CT molecular complexity index is 527. The van der Waals surface area contributed by atoms with E-state index in [1.165, 1.54) is 0 Å². The second kappa shape index (κ2) is 6.95. The molecule has 2 nitrogen and oxygen atoms in total. The minimum absolute atomic E-state index is 0.172. The molecule has 0 aliphatic heterocycles. The van der Waals surface area contributed by atoms with E-state index in [0.29, 0.717) is 18.1 Å². The standard InChI is InChI=1S/C18H27BrO2/c1-11(10-18(4,5)6)8-15(20)16-13(3)14(19)9-12(2)17(16)21-7/h9,11H,8,10H2,1-7H3. The Hall–Kier alpha value is -0.830. The highest BCUT2D eigenvalue weighted by Crippen LogP contribution is 2.35. The van der Waals surface area contributed by atoms with E-state index in [0.717, 1.165) is 27.6 Å². The van der Waals surface area contributed by atoms with Gasteiger partial charge in [0.1, 0.15) is 5.75 Å². The lowest BCUT2D eigenvalue weighted by Gasteiger charge is -2.23. The second-order valence-corrected chi connectivity index (χ2v) is 8.06. The van der Waals surface area contributed by atoms with Crippen LogP contribution in [0.4, 0.5) is 0 Å². The molecule has 1 atom stereocenters. The zero-order chi connectivity index (χ0) is 16.4. The van der Waals surface area contributed by atoms with Crippen LogP contribution in [-0.4, -0.2) is 12.9 Å². The Balaban J connectivity index is 3.08. The molecule has 0 heterocycles. The van der Waals surface area contributed by atoms with Gasteiger partial charge in [0.05, 0.1) is 12.7 Å². The summed E-state index contributed by atoms with van der Waals surface area (Å²) in [6, 6.07) is 2.00. The summed E-state index contributed by atoms with van der Waals surface area (Å²) in [4.78, 5) is 12.7. The third-order valence-electron chi connectivity index (χ3n) is 3.64. The van der Waals surface area contributed by atoms with E-state index in [1.54, 1.807) is 7.11 Å². The molecule has 118 valence electrons. The van der Waals surface area contributed by atoms with Crippen LogP contribution in [0.2, 0.25) is 0 Å². The molecule has 3 heteroatoms. The smallest absolute Gasteiger partial charge is 0.167 e. The fourth-order valence-corrected chi connectivity index (χ4v) is 3.53. The fourth-order valence-electron chi connectivity index (χ4n) is 2.99. The van der Waals surface area contributed by atoms with Crippen molar-refractivity contribution in [2.24, 2.45) is 11.3 Å². The molecule has 1 rings (SSSR count). The van der Waals surface area contributed by atoms with Crippen molar-refractivity contribution < 1.29 is 9.53 Å². The summed E-state index contributed by atoms with van der Waals surface area (Å²) in [5.41, 5.74) is 2.92. The van der Waals surface area contributed by atoms with Gasteiger partial charge in [0.15, 0.2) is 5.78 Å². The molecule has 0 spiro atoms. The van der Waals surface area contributed by atoms with Gasteiger partial charge >= 0.3 is 0 Å². The predicted octanol–water partition coefficient (Wildman–Crippen LogP) is 5.72. The molecule has 0 aromatic heterocycles. The van der Waals surface area contributed by atoms with Gasteiger partial charge < -0.3 is 4.74 Å². The number of ether oxygens (including phenoxy) is 1. The van der Waals surface area contributed by atoms with Crippen molar-refractivity contribution in [3.63, 3.8) is 0 Å². The number of carbonyl (C=O) groups excluding carboxylic acids is 1. The van der Waals surface area contributed by atoms with Gasteiger partial charge in [0, 0.05) is 10.9 Å². The summed E-state index contributed by atoms with van der Waals surface area (Å²) >= 11 is 3.54. The minimum Gasteiger partial charge on any atom is -0.496 e. The number of benzene rings is 1. The number of halogens is 1. The van der Waals surface area contributed by atoms with Crippen LogP contribution in [0.25, 0.3) is 0 Å². The van der Waals surface area contributed by atoms with Crippen LogP contribution in [0.3, 0.4) is 0 Å². The van der Waals surface area contributed by atoms with Crippen molar-refractivity contribution >= 4 is 21.7 Å². The predicted molar refractivity (Wildman–Crippen MR) is 92.4 cm³/mol. The van der Waals surface area contributed by atoms with Crippen molar-refractivity contribution in [1.82, 2.24) is 0 Å². The Kier molecular flexibility index (Phi) is 6.03. The number of rotatable bonds is 5. The summed E-state index contributed by atoms with van der Waals surface area (Å²) < 4.78 is 6.44. The highest BCUT2D eigenvalue weighted by atomic mass is 79.9. The van der Waals surface area contributed by atoms with Crippen LogP contribution < -0.4 is 4.74 Å². The van der Waals surface area contributed by atoms with Gasteiger partial charge in [-0.2, -0.15) is 0 Å². The lowest BCUT2D eigenvalue weighted by atomic mass is 9.82. The van der Waals surface area contributed by atoms with Crippen molar-refractivity contribution in [3.05, 3.63) is 27.2 Å². The first-order valence-electron chi connectivity index (χ1n) is 7.43. The molecule has 0 aliphatic rings.